The zero-order valence-electron chi connectivity index (χ0n) is 15.2. The number of rotatable bonds is 5. The van der Waals surface area contributed by atoms with Crippen LogP contribution in [-0.4, -0.2) is 32.7 Å². The number of ether oxygens (including phenoxy) is 1. The molecule has 8 nitrogen and oxygen atoms in total. The molecule has 0 aliphatic carbocycles. The van der Waals surface area contributed by atoms with E-state index in [2.05, 4.69) is 0 Å². The number of esters is 1. The van der Waals surface area contributed by atoms with Crippen molar-refractivity contribution in [1.29, 1.82) is 0 Å². The van der Waals surface area contributed by atoms with Crippen LogP contribution < -0.4 is 10.0 Å². The summed E-state index contributed by atoms with van der Waals surface area (Å²) in [4.78, 5) is 38.6. The molecular formula is C19H17FN2O6S. The van der Waals surface area contributed by atoms with E-state index in [0.717, 1.165) is 17.0 Å². The van der Waals surface area contributed by atoms with Crippen LogP contribution in [0.5, 0.6) is 0 Å². The highest BCUT2D eigenvalue weighted by Gasteiger charge is 2.53. The number of nitrogens with two attached hydrogens (primary N) is 1. The first-order valence-corrected chi connectivity index (χ1v) is 10.1. The third-order valence-corrected chi connectivity index (χ3v) is 5.43. The van der Waals surface area contributed by atoms with Gasteiger partial charge in [-0.25, -0.2) is 17.9 Å². The first-order valence-electron chi connectivity index (χ1n) is 8.57. The summed E-state index contributed by atoms with van der Waals surface area (Å²) in [5.74, 6) is -4.76. The van der Waals surface area contributed by atoms with Gasteiger partial charge in [-0.05, 0) is 48.9 Å². The molecule has 1 fully saturated rings. The maximum Gasteiger partial charge on any atom is 0.319 e. The van der Waals surface area contributed by atoms with Crippen LogP contribution in [0.3, 0.4) is 0 Å². The summed E-state index contributed by atoms with van der Waals surface area (Å²) < 4.78 is 41.2. The van der Waals surface area contributed by atoms with Gasteiger partial charge in [0.2, 0.25) is 15.8 Å². The standard InChI is InChI=1S/C19H17FN2O6S/c1-2-28-19(25)15-16(11-3-5-12(20)6-4-11)22(18(24)17(15)23)13-7-9-14(10-8-13)29(21,26)27/h3-10,15-16H,2H2,1H3,(H2,21,26,27)/t15-,16-/m1/s1. The van der Waals surface area contributed by atoms with Gasteiger partial charge in [-0.15, -0.1) is 0 Å². The second-order valence-corrected chi connectivity index (χ2v) is 7.87. The molecule has 10 heteroatoms. The van der Waals surface area contributed by atoms with Crippen molar-refractivity contribution in [3.05, 3.63) is 59.9 Å². The SMILES string of the molecule is CCOC(=O)[C@H]1C(=O)C(=O)N(c2ccc(S(N)(=O)=O)cc2)[C@@H]1c1ccc(F)cc1. The summed E-state index contributed by atoms with van der Waals surface area (Å²) in [6, 6.07) is 8.91. The molecule has 29 heavy (non-hydrogen) atoms. The van der Waals surface area contributed by atoms with Crippen molar-refractivity contribution in [1.82, 2.24) is 0 Å². The van der Waals surface area contributed by atoms with Crippen LogP contribution in [-0.2, 0) is 29.1 Å². The number of carbonyl (C=O) groups is 3. The Hall–Kier alpha value is -3.11. The number of halogens is 1. The second-order valence-electron chi connectivity index (χ2n) is 6.30. The molecule has 2 aromatic rings. The first kappa shape index (κ1) is 20.6. The van der Waals surface area contributed by atoms with Crippen molar-refractivity contribution in [3.63, 3.8) is 0 Å². The molecule has 2 aromatic carbocycles. The van der Waals surface area contributed by atoms with E-state index in [9.17, 15) is 27.2 Å². The average molecular weight is 420 g/mol. The predicted octanol–water partition coefficient (Wildman–Crippen LogP) is 1.31. The van der Waals surface area contributed by atoms with Gasteiger partial charge in [-0.1, -0.05) is 12.1 Å². The molecule has 2 atom stereocenters. The van der Waals surface area contributed by atoms with Crippen molar-refractivity contribution < 1.29 is 31.9 Å². The quantitative estimate of drug-likeness (QED) is 0.442. The number of carbonyl (C=O) groups excluding carboxylic acids is 3. The number of hydrogen-bond acceptors (Lipinski definition) is 6. The van der Waals surface area contributed by atoms with E-state index >= 15 is 0 Å². The van der Waals surface area contributed by atoms with Gasteiger partial charge in [0.05, 0.1) is 17.5 Å². The fourth-order valence-corrected chi connectivity index (χ4v) is 3.73. The number of primary sulfonamides is 1. The Balaban J connectivity index is 2.12. The number of ketones is 1. The van der Waals surface area contributed by atoms with Gasteiger partial charge in [-0.2, -0.15) is 0 Å². The van der Waals surface area contributed by atoms with Crippen molar-refractivity contribution in [3.8, 4) is 0 Å². The van der Waals surface area contributed by atoms with Gasteiger partial charge in [0.25, 0.3) is 5.91 Å². The number of sulfonamides is 1. The predicted molar refractivity (Wildman–Crippen MR) is 99.6 cm³/mol. The zero-order valence-corrected chi connectivity index (χ0v) is 16.1. The summed E-state index contributed by atoms with van der Waals surface area (Å²) >= 11 is 0. The lowest BCUT2D eigenvalue weighted by Gasteiger charge is -2.27. The van der Waals surface area contributed by atoms with Gasteiger partial charge in [0.15, 0.2) is 0 Å². The van der Waals surface area contributed by atoms with Gasteiger partial charge in [0, 0.05) is 5.69 Å². The van der Waals surface area contributed by atoms with E-state index in [1.165, 1.54) is 36.4 Å². The fraction of sp³-hybridized carbons (Fsp3) is 0.211. The Bertz CT molecular complexity index is 1070. The molecule has 152 valence electrons. The lowest BCUT2D eigenvalue weighted by atomic mass is 9.92. The molecule has 3 rings (SSSR count). The van der Waals surface area contributed by atoms with E-state index < -0.39 is 45.5 Å². The Morgan fingerprint density at radius 1 is 1.10 bits per heavy atom. The maximum absolute atomic E-state index is 13.4. The molecule has 0 aromatic heterocycles. The molecule has 1 aliphatic rings. The van der Waals surface area contributed by atoms with Gasteiger partial charge >= 0.3 is 5.97 Å². The Labute approximate surface area is 166 Å². The Kier molecular flexibility index (Phi) is 5.49. The van der Waals surface area contributed by atoms with Gasteiger partial charge in [0.1, 0.15) is 11.7 Å². The number of benzene rings is 2. The van der Waals surface area contributed by atoms with Crippen molar-refractivity contribution >= 4 is 33.4 Å². The molecule has 1 heterocycles. The molecule has 0 spiro atoms. The molecular weight excluding hydrogens is 403 g/mol. The number of nitrogens with zero attached hydrogens (tertiary/aromatic N) is 1. The Morgan fingerprint density at radius 3 is 2.21 bits per heavy atom. The molecule has 2 N–H and O–H groups in total. The highest BCUT2D eigenvalue weighted by molar-refractivity contribution is 7.89. The normalized spacial score (nSPS) is 19.5. The van der Waals surface area contributed by atoms with Gasteiger partial charge < -0.3 is 4.74 Å². The molecule has 1 saturated heterocycles. The van der Waals surface area contributed by atoms with Crippen LogP contribution in [0.15, 0.2) is 53.4 Å². The maximum atomic E-state index is 13.4. The van der Waals surface area contributed by atoms with E-state index in [-0.39, 0.29) is 17.2 Å². The van der Waals surface area contributed by atoms with E-state index in [1.807, 2.05) is 0 Å². The minimum absolute atomic E-state index is 0.00992. The highest BCUT2D eigenvalue weighted by Crippen LogP contribution is 2.40. The van der Waals surface area contributed by atoms with Crippen LogP contribution in [0.2, 0.25) is 0 Å². The van der Waals surface area contributed by atoms with Crippen LogP contribution in [0, 0.1) is 11.7 Å². The number of hydrogen-bond donors (Lipinski definition) is 1. The first-order chi connectivity index (χ1) is 13.6. The second kappa shape index (κ2) is 7.72. The monoisotopic (exact) mass is 420 g/mol. The molecule has 0 bridgehead atoms. The van der Waals surface area contributed by atoms with Crippen LogP contribution in [0.25, 0.3) is 0 Å². The van der Waals surface area contributed by atoms with Crippen LogP contribution >= 0.6 is 0 Å². The number of anilines is 1. The average Bonchev–Trinajstić information content (AvgIpc) is 2.93. The summed E-state index contributed by atoms with van der Waals surface area (Å²) in [5.41, 5.74) is 0.524. The van der Waals surface area contributed by atoms with Crippen LogP contribution in [0.1, 0.15) is 18.5 Å². The summed E-state index contributed by atoms with van der Waals surface area (Å²) in [7, 11) is -3.96. The lowest BCUT2D eigenvalue weighted by Crippen LogP contribution is -2.31. The minimum Gasteiger partial charge on any atom is -0.465 e. The van der Waals surface area contributed by atoms with Crippen molar-refractivity contribution in [2.75, 3.05) is 11.5 Å². The van der Waals surface area contributed by atoms with E-state index in [0.29, 0.717) is 5.56 Å². The summed E-state index contributed by atoms with van der Waals surface area (Å²) in [5, 5.41) is 5.08. The molecule has 0 saturated carbocycles. The molecule has 1 aliphatic heterocycles. The molecule has 0 unspecified atom stereocenters. The van der Waals surface area contributed by atoms with E-state index in [4.69, 9.17) is 9.88 Å². The minimum atomic E-state index is -3.96. The highest BCUT2D eigenvalue weighted by atomic mass is 32.2. The third kappa shape index (κ3) is 3.89. The smallest absolute Gasteiger partial charge is 0.319 e. The summed E-state index contributed by atoms with van der Waals surface area (Å²) in [6.45, 7) is 1.58. The number of amides is 1. The summed E-state index contributed by atoms with van der Waals surface area (Å²) in [6.07, 6.45) is 0. The topological polar surface area (TPSA) is 124 Å². The molecule has 0 radical (unpaired) electrons. The third-order valence-electron chi connectivity index (χ3n) is 4.50. The number of Topliss-reactive ketones (excluding diaryl/α,β-unsaturated/α-hetero) is 1. The lowest BCUT2D eigenvalue weighted by molar-refractivity contribution is -0.152. The zero-order chi connectivity index (χ0) is 21.3. The van der Waals surface area contributed by atoms with Crippen molar-refractivity contribution in [2.45, 2.75) is 17.9 Å². The molecule has 1 amide bonds. The fourth-order valence-electron chi connectivity index (χ4n) is 3.21. The largest absolute Gasteiger partial charge is 0.465 e. The van der Waals surface area contributed by atoms with Gasteiger partial charge in [-0.3, -0.25) is 19.3 Å². The van der Waals surface area contributed by atoms with E-state index in [1.54, 1.807) is 6.92 Å². The Morgan fingerprint density at radius 2 is 1.69 bits per heavy atom. The van der Waals surface area contributed by atoms with Crippen LogP contribution in [0.4, 0.5) is 10.1 Å². The van der Waals surface area contributed by atoms with Crippen molar-refractivity contribution in [2.24, 2.45) is 11.1 Å².